The molecular weight excluding hydrogens is 408 g/mol. The SMILES string of the molecule is Cc1ccc(N=Cc2cc(C(C)(C)C)ccc2O)c(N=Cc2cc(C(C)(C)C)ccc2O)c1. The van der Waals surface area contributed by atoms with Gasteiger partial charge in [-0.2, -0.15) is 0 Å². The van der Waals surface area contributed by atoms with Crippen molar-refractivity contribution >= 4 is 23.8 Å². The Morgan fingerprint density at radius 2 is 1.06 bits per heavy atom. The average molecular weight is 443 g/mol. The van der Waals surface area contributed by atoms with Gasteiger partial charge >= 0.3 is 0 Å². The van der Waals surface area contributed by atoms with Gasteiger partial charge in [-0.15, -0.1) is 0 Å². The highest BCUT2D eigenvalue weighted by Gasteiger charge is 2.16. The third-order valence-corrected chi connectivity index (χ3v) is 5.60. The molecule has 0 aromatic heterocycles. The van der Waals surface area contributed by atoms with Gasteiger partial charge in [0.1, 0.15) is 11.5 Å². The number of phenols is 2. The van der Waals surface area contributed by atoms with Gasteiger partial charge in [-0.3, -0.25) is 9.98 Å². The van der Waals surface area contributed by atoms with Crippen LogP contribution in [-0.4, -0.2) is 22.6 Å². The van der Waals surface area contributed by atoms with Gasteiger partial charge in [-0.05, 0) is 70.8 Å². The average Bonchev–Trinajstić information content (AvgIpc) is 2.71. The lowest BCUT2D eigenvalue weighted by atomic mass is 9.86. The summed E-state index contributed by atoms with van der Waals surface area (Å²) in [5, 5.41) is 20.6. The maximum atomic E-state index is 10.3. The van der Waals surface area contributed by atoms with E-state index in [0.29, 0.717) is 22.5 Å². The van der Waals surface area contributed by atoms with Gasteiger partial charge in [0.05, 0.1) is 11.4 Å². The molecule has 0 amide bonds. The molecule has 0 unspecified atom stereocenters. The van der Waals surface area contributed by atoms with Crippen LogP contribution in [0.2, 0.25) is 0 Å². The van der Waals surface area contributed by atoms with E-state index >= 15 is 0 Å². The molecule has 0 aliphatic rings. The van der Waals surface area contributed by atoms with Crippen molar-refractivity contribution in [2.45, 2.75) is 59.3 Å². The van der Waals surface area contributed by atoms with Crippen LogP contribution in [-0.2, 0) is 10.8 Å². The minimum atomic E-state index is -0.0291. The molecule has 3 rings (SSSR count). The molecule has 0 aliphatic carbocycles. The number of aromatic hydroxyl groups is 2. The van der Waals surface area contributed by atoms with Crippen LogP contribution >= 0.6 is 0 Å². The molecule has 0 atom stereocenters. The summed E-state index contributed by atoms with van der Waals surface area (Å²) in [6, 6.07) is 17.1. The molecule has 0 radical (unpaired) electrons. The Bertz CT molecular complexity index is 1210. The number of aryl methyl sites for hydroxylation is 1. The lowest BCUT2D eigenvalue weighted by Crippen LogP contribution is -2.11. The summed E-state index contributed by atoms with van der Waals surface area (Å²) in [5.41, 5.74) is 5.95. The standard InChI is InChI=1S/C29H34N2O2/c1-19-8-11-24(30-17-20-15-22(28(2,3)4)9-12-26(20)32)25(14-19)31-18-21-16-23(29(5,6)7)10-13-27(21)33/h8-18,32-33H,1-7H3. The Hall–Kier alpha value is -3.40. The number of hydrogen-bond acceptors (Lipinski definition) is 4. The molecule has 3 aromatic rings. The van der Waals surface area contributed by atoms with E-state index in [0.717, 1.165) is 16.7 Å². The first-order valence-electron chi connectivity index (χ1n) is 11.2. The topological polar surface area (TPSA) is 65.2 Å². The van der Waals surface area contributed by atoms with Crippen LogP contribution in [0.1, 0.15) is 69.4 Å². The van der Waals surface area contributed by atoms with Crippen molar-refractivity contribution in [1.82, 2.24) is 0 Å². The summed E-state index contributed by atoms with van der Waals surface area (Å²) in [5.74, 6) is 0.376. The molecular formula is C29H34N2O2. The van der Waals surface area contributed by atoms with E-state index in [4.69, 9.17) is 0 Å². The predicted molar refractivity (Wildman–Crippen MR) is 139 cm³/mol. The molecule has 172 valence electrons. The minimum absolute atomic E-state index is 0.0286. The molecule has 0 fully saturated rings. The van der Waals surface area contributed by atoms with Crippen molar-refractivity contribution in [2.75, 3.05) is 0 Å². The van der Waals surface area contributed by atoms with Crippen LogP contribution in [0.4, 0.5) is 11.4 Å². The fourth-order valence-corrected chi connectivity index (χ4v) is 3.37. The van der Waals surface area contributed by atoms with E-state index in [1.54, 1.807) is 24.6 Å². The fourth-order valence-electron chi connectivity index (χ4n) is 3.37. The van der Waals surface area contributed by atoms with E-state index in [1.807, 2.05) is 49.4 Å². The van der Waals surface area contributed by atoms with Gasteiger partial charge in [0.2, 0.25) is 0 Å². The highest BCUT2D eigenvalue weighted by atomic mass is 16.3. The van der Waals surface area contributed by atoms with E-state index in [-0.39, 0.29) is 22.3 Å². The second kappa shape index (κ2) is 9.22. The normalized spacial score (nSPS) is 12.7. The summed E-state index contributed by atoms with van der Waals surface area (Å²) < 4.78 is 0. The maximum absolute atomic E-state index is 10.3. The van der Waals surface area contributed by atoms with Crippen LogP contribution in [0.5, 0.6) is 11.5 Å². The lowest BCUT2D eigenvalue weighted by molar-refractivity contribution is 0.472. The van der Waals surface area contributed by atoms with Gasteiger partial charge in [-0.1, -0.05) is 59.7 Å². The van der Waals surface area contributed by atoms with E-state index in [1.165, 1.54) is 0 Å². The lowest BCUT2D eigenvalue weighted by Gasteiger charge is -2.19. The maximum Gasteiger partial charge on any atom is 0.124 e. The Labute approximate surface area is 197 Å². The summed E-state index contributed by atoms with van der Waals surface area (Å²) in [7, 11) is 0. The second-order valence-electron chi connectivity index (χ2n) is 10.6. The third-order valence-electron chi connectivity index (χ3n) is 5.60. The first-order valence-corrected chi connectivity index (χ1v) is 11.2. The first kappa shape index (κ1) is 24.2. The fraction of sp³-hybridized carbons (Fsp3) is 0.310. The van der Waals surface area contributed by atoms with Crippen molar-refractivity contribution in [3.8, 4) is 11.5 Å². The number of rotatable bonds is 4. The number of aliphatic imine (C=N–C) groups is 2. The van der Waals surface area contributed by atoms with Gasteiger partial charge in [0, 0.05) is 23.6 Å². The smallest absolute Gasteiger partial charge is 0.124 e. The van der Waals surface area contributed by atoms with Crippen LogP contribution in [0.25, 0.3) is 0 Å². The monoisotopic (exact) mass is 442 g/mol. The summed E-state index contributed by atoms with van der Waals surface area (Å²) in [6.45, 7) is 14.8. The Kier molecular flexibility index (Phi) is 6.78. The molecule has 0 spiro atoms. The summed E-state index contributed by atoms with van der Waals surface area (Å²) >= 11 is 0. The molecule has 4 nitrogen and oxygen atoms in total. The highest BCUT2D eigenvalue weighted by Crippen LogP contribution is 2.32. The molecule has 0 saturated carbocycles. The van der Waals surface area contributed by atoms with Crippen molar-refractivity contribution in [3.05, 3.63) is 82.4 Å². The zero-order valence-electron chi connectivity index (χ0n) is 20.6. The Balaban J connectivity index is 1.98. The van der Waals surface area contributed by atoms with Crippen LogP contribution in [0, 0.1) is 6.92 Å². The van der Waals surface area contributed by atoms with Crippen molar-refractivity contribution in [2.24, 2.45) is 9.98 Å². The van der Waals surface area contributed by atoms with E-state index in [9.17, 15) is 10.2 Å². The van der Waals surface area contributed by atoms with Crippen LogP contribution < -0.4 is 0 Å². The van der Waals surface area contributed by atoms with Crippen molar-refractivity contribution in [3.63, 3.8) is 0 Å². The predicted octanol–water partition coefficient (Wildman–Crippen LogP) is 7.50. The van der Waals surface area contributed by atoms with Crippen LogP contribution in [0.3, 0.4) is 0 Å². The van der Waals surface area contributed by atoms with Crippen LogP contribution in [0.15, 0.2) is 64.6 Å². The number of benzene rings is 3. The number of nitrogens with zero attached hydrogens (tertiary/aromatic N) is 2. The largest absolute Gasteiger partial charge is 0.507 e. The molecule has 0 saturated heterocycles. The van der Waals surface area contributed by atoms with Crippen molar-refractivity contribution < 1.29 is 10.2 Å². The zero-order chi connectivity index (χ0) is 24.4. The first-order chi connectivity index (χ1) is 15.3. The number of hydrogen-bond donors (Lipinski definition) is 2. The Morgan fingerprint density at radius 1 is 0.606 bits per heavy atom. The zero-order valence-corrected chi connectivity index (χ0v) is 20.6. The van der Waals surface area contributed by atoms with Crippen molar-refractivity contribution in [1.29, 1.82) is 0 Å². The van der Waals surface area contributed by atoms with Gasteiger partial charge in [-0.25, -0.2) is 0 Å². The number of phenolic OH excluding ortho intramolecular Hbond substituents is 2. The summed E-state index contributed by atoms with van der Waals surface area (Å²) in [4.78, 5) is 9.28. The van der Waals surface area contributed by atoms with E-state index < -0.39 is 0 Å². The molecule has 2 N–H and O–H groups in total. The Morgan fingerprint density at radius 3 is 1.52 bits per heavy atom. The molecule has 33 heavy (non-hydrogen) atoms. The van der Waals surface area contributed by atoms with Gasteiger partial charge < -0.3 is 10.2 Å². The summed E-state index contributed by atoms with van der Waals surface area (Å²) in [6.07, 6.45) is 3.35. The second-order valence-corrected chi connectivity index (χ2v) is 10.6. The molecule has 4 heteroatoms. The molecule has 0 heterocycles. The molecule has 3 aromatic carbocycles. The van der Waals surface area contributed by atoms with Gasteiger partial charge in [0.25, 0.3) is 0 Å². The third kappa shape index (κ3) is 6.10. The minimum Gasteiger partial charge on any atom is -0.507 e. The van der Waals surface area contributed by atoms with Gasteiger partial charge in [0.15, 0.2) is 0 Å². The quantitative estimate of drug-likeness (QED) is 0.411. The highest BCUT2D eigenvalue weighted by molar-refractivity contribution is 5.89. The molecule has 0 aliphatic heterocycles. The molecule has 0 bridgehead atoms. The van der Waals surface area contributed by atoms with E-state index in [2.05, 4.69) is 51.5 Å².